The molecule has 0 radical (unpaired) electrons. The number of fused-ring (bicyclic) bond motifs is 1. The van der Waals surface area contributed by atoms with Crippen molar-refractivity contribution in [3.05, 3.63) is 42.4 Å². The first-order valence-electron chi connectivity index (χ1n) is 11.0. The molecule has 2 aliphatic rings. The summed E-state index contributed by atoms with van der Waals surface area (Å²) in [6, 6.07) is 6.64. The molecular formula is C23H26N8. The molecule has 6 rings (SSSR count). The van der Waals surface area contributed by atoms with Crippen LogP contribution in [0.15, 0.2) is 36.8 Å². The third-order valence-corrected chi connectivity index (χ3v) is 6.37. The fraction of sp³-hybridized carbons (Fsp3) is 0.391. The van der Waals surface area contributed by atoms with Crippen LogP contribution in [0.4, 0.5) is 5.82 Å². The predicted octanol–water partition coefficient (Wildman–Crippen LogP) is 3.23. The molecule has 158 valence electrons. The van der Waals surface area contributed by atoms with E-state index in [0.29, 0.717) is 5.92 Å². The lowest BCUT2D eigenvalue weighted by Gasteiger charge is -2.33. The number of nitrogens with two attached hydrogens (primary N) is 1. The molecule has 4 aromatic rings. The van der Waals surface area contributed by atoms with Gasteiger partial charge in [-0.05, 0) is 49.3 Å². The van der Waals surface area contributed by atoms with Gasteiger partial charge in [-0.1, -0.05) is 6.07 Å². The third kappa shape index (κ3) is 3.37. The van der Waals surface area contributed by atoms with E-state index in [1.165, 1.54) is 18.4 Å². The molecule has 4 aromatic heterocycles. The molecule has 0 bridgehead atoms. The van der Waals surface area contributed by atoms with Crippen LogP contribution in [0.2, 0.25) is 0 Å². The molecule has 5 heterocycles. The highest BCUT2D eigenvalue weighted by Gasteiger charge is 2.30. The van der Waals surface area contributed by atoms with E-state index in [4.69, 9.17) is 10.7 Å². The minimum Gasteiger partial charge on any atom is -0.355 e. The van der Waals surface area contributed by atoms with Crippen molar-refractivity contribution in [2.24, 2.45) is 12.8 Å². The van der Waals surface area contributed by atoms with Crippen molar-refractivity contribution in [2.45, 2.75) is 37.6 Å². The summed E-state index contributed by atoms with van der Waals surface area (Å²) in [6.45, 7) is 1.88. The Hall–Kier alpha value is -3.26. The van der Waals surface area contributed by atoms with Crippen molar-refractivity contribution in [3.63, 3.8) is 0 Å². The summed E-state index contributed by atoms with van der Waals surface area (Å²) in [6.07, 6.45) is 10.3. The number of aromatic amines is 1. The summed E-state index contributed by atoms with van der Waals surface area (Å²) in [5.41, 5.74) is 12.1. The van der Waals surface area contributed by atoms with Crippen LogP contribution in [-0.4, -0.2) is 49.1 Å². The van der Waals surface area contributed by atoms with Crippen molar-refractivity contribution < 1.29 is 0 Å². The first-order valence-corrected chi connectivity index (χ1v) is 11.0. The van der Waals surface area contributed by atoms with Crippen LogP contribution in [0.3, 0.4) is 0 Å². The van der Waals surface area contributed by atoms with Crippen LogP contribution < -0.4 is 10.6 Å². The molecule has 0 aromatic carbocycles. The number of hydrogen-bond donors (Lipinski definition) is 2. The minimum atomic E-state index is 0.214. The Morgan fingerprint density at radius 3 is 2.81 bits per heavy atom. The zero-order valence-corrected chi connectivity index (χ0v) is 17.6. The quantitative estimate of drug-likeness (QED) is 0.532. The zero-order chi connectivity index (χ0) is 20.9. The van der Waals surface area contributed by atoms with E-state index in [1.807, 2.05) is 25.6 Å². The highest BCUT2D eigenvalue weighted by atomic mass is 15.2. The summed E-state index contributed by atoms with van der Waals surface area (Å²) >= 11 is 0. The van der Waals surface area contributed by atoms with E-state index in [9.17, 15) is 0 Å². The predicted molar refractivity (Wildman–Crippen MR) is 121 cm³/mol. The monoisotopic (exact) mass is 414 g/mol. The third-order valence-electron chi connectivity index (χ3n) is 6.37. The van der Waals surface area contributed by atoms with Crippen molar-refractivity contribution in [2.75, 3.05) is 18.0 Å². The lowest BCUT2D eigenvalue weighted by molar-refractivity contribution is 0.502. The van der Waals surface area contributed by atoms with Crippen molar-refractivity contribution in [1.82, 2.24) is 29.9 Å². The van der Waals surface area contributed by atoms with Gasteiger partial charge >= 0.3 is 0 Å². The highest BCUT2D eigenvalue weighted by Crippen LogP contribution is 2.45. The molecule has 1 aliphatic heterocycles. The van der Waals surface area contributed by atoms with Gasteiger partial charge in [-0.25, -0.2) is 4.98 Å². The van der Waals surface area contributed by atoms with Crippen LogP contribution in [0.25, 0.3) is 33.5 Å². The summed E-state index contributed by atoms with van der Waals surface area (Å²) in [7, 11) is 1.91. The Bertz CT molecular complexity index is 1250. The number of aromatic nitrogens is 6. The molecule has 0 spiro atoms. The molecule has 3 N–H and O–H groups in total. The summed E-state index contributed by atoms with van der Waals surface area (Å²) < 4.78 is 1.78. The van der Waals surface area contributed by atoms with Gasteiger partial charge in [0.05, 0.1) is 29.3 Å². The van der Waals surface area contributed by atoms with E-state index in [1.54, 1.807) is 4.68 Å². The standard InChI is InChI=1S/C23H26N8/c1-30-12-15(10-26-30)20-9-18-21(11-25-20)28-29-22(18)19-7-6-17(14-4-5-14)23(27-19)31-8-2-3-16(24)13-31/h6-7,9-12,14,16H,2-5,8,13,24H2,1H3,(H,28,29). The normalized spacial score (nSPS) is 19.3. The van der Waals surface area contributed by atoms with Gasteiger partial charge in [0, 0.05) is 43.3 Å². The van der Waals surface area contributed by atoms with E-state index in [0.717, 1.165) is 65.3 Å². The number of rotatable bonds is 4. The molecule has 31 heavy (non-hydrogen) atoms. The second-order valence-electron chi connectivity index (χ2n) is 8.82. The fourth-order valence-corrected chi connectivity index (χ4v) is 4.58. The smallest absolute Gasteiger partial charge is 0.132 e. The maximum Gasteiger partial charge on any atom is 0.132 e. The van der Waals surface area contributed by atoms with Crippen LogP contribution in [0, 0.1) is 0 Å². The second-order valence-corrected chi connectivity index (χ2v) is 8.82. The van der Waals surface area contributed by atoms with Crippen molar-refractivity contribution in [3.8, 4) is 22.6 Å². The number of H-pyrrole nitrogens is 1. The Morgan fingerprint density at radius 1 is 1.13 bits per heavy atom. The van der Waals surface area contributed by atoms with Crippen LogP contribution >= 0.6 is 0 Å². The maximum atomic E-state index is 6.28. The molecule has 1 atom stereocenters. The zero-order valence-electron chi connectivity index (χ0n) is 17.6. The Morgan fingerprint density at radius 2 is 2.03 bits per heavy atom. The van der Waals surface area contributed by atoms with Gasteiger partial charge in [0.25, 0.3) is 0 Å². The first-order chi connectivity index (χ1) is 15.2. The summed E-state index contributed by atoms with van der Waals surface area (Å²) in [4.78, 5) is 12.1. The minimum absolute atomic E-state index is 0.214. The number of anilines is 1. The van der Waals surface area contributed by atoms with E-state index in [2.05, 4.69) is 43.4 Å². The van der Waals surface area contributed by atoms with E-state index >= 15 is 0 Å². The Kier molecular flexibility index (Phi) is 4.27. The van der Waals surface area contributed by atoms with Gasteiger partial charge < -0.3 is 10.6 Å². The Balaban J connectivity index is 1.44. The van der Waals surface area contributed by atoms with E-state index < -0.39 is 0 Å². The number of nitrogens with one attached hydrogen (secondary N) is 1. The maximum absolute atomic E-state index is 6.28. The van der Waals surface area contributed by atoms with Crippen molar-refractivity contribution >= 4 is 16.7 Å². The lowest BCUT2D eigenvalue weighted by Crippen LogP contribution is -2.43. The molecule has 8 nitrogen and oxygen atoms in total. The lowest BCUT2D eigenvalue weighted by atomic mass is 10.0. The van der Waals surface area contributed by atoms with Gasteiger partial charge in [0.15, 0.2) is 0 Å². The van der Waals surface area contributed by atoms with Gasteiger partial charge in [0.1, 0.15) is 11.5 Å². The Labute approximate surface area is 180 Å². The molecule has 1 aliphatic carbocycles. The van der Waals surface area contributed by atoms with Crippen LogP contribution in [0.5, 0.6) is 0 Å². The highest BCUT2D eigenvalue weighted by molar-refractivity contribution is 5.93. The largest absolute Gasteiger partial charge is 0.355 e. The van der Waals surface area contributed by atoms with Gasteiger partial charge in [-0.2, -0.15) is 10.2 Å². The summed E-state index contributed by atoms with van der Waals surface area (Å²) in [5.74, 6) is 1.72. The first kappa shape index (κ1) is 18.5. The van der Waals surface area contributed by atoms with E-state index in [-0.39, 0.29) is 6.04 Å². The number of hydrogen-bond acceptors (Lipinski definition) is 6. The number of piperidine rings is 1. The molecule has 1 saturated carbocycles. The number of aryl methyl sites for hydroxylation is 1. The molecular weight excluding hydrogens is 388 g/mol. The SMILES string of the molecule is Cn1cc(-c2cc3c(-c4ccc(C5CC5)c(N5CCCC(N)C5)n4)n[nH]c3cn2)cn1. The van der Waals surface area contributed by atoms with Gasteiger partial charge in [-0.3, -0.25) is 14.8 Å². The van der Waals surface area contributed by atoms with Crippen LogP contribution in [-0.2, 0) is 7.05 Å². The number of pyridine rings is 2. The second kappa shape index (κ2) is 7.16. The topological polar surface area (TPSA) is 102 Å². The molecule has 2 fully saturated rings. The summed E-state index contributed by atoms with van der Waals surface area (Å²) in [5, 5.41) is 13.0. The molecule has 1 saturated heterocycles. The van der Waals surface area contributed by atoms with Crippen molar-refractivity contribution in [1.29, 1.82) is 0 Å². The molecule has 8 heteroatoms. The van der Waals surface area contributed by atoms with Gasteiger partial charge in [0.2, 0.25) is 0 Å². The molecule has 1 unspecified atom stereocenters. The number of nitrogens with zero attached hydrogens (tertiary/aromatic N) is 6. The average molecular weight is 415 g/mol. The molecule has 0 amide bonds. The fourth-order valence-electron chi connectivity index (χ4n) is 4.58. The van der Waals surface area contributed by atoms with Crippen LogP contribution in [0.1, 0.15) is 37.2 Å². The average Bonchev–Trinajstić information content (AvgIpc) is 3.40. The van der Waals surface area contributed by atoms with Gasteiger partial charge in [-0.15, -0.1) is 0 Å².